The number of para-hydroxylation sites is 1. The molecule has 0 radical (unpaired) electrons. The molecule has 0 aromatic heterocycles. The molecule has 4 rings (SSSR count). The highest BCUT2D eigenvalue weighted by atomic mass is 16.7. The summed E-state index contributed by atoms with van der Waals surface area (Å²) >= 11 is 0. The molecule has 9 heteroatoms. The first-order valence-electron chi connectivity index (χ1n) is 14.7. The zero-order valence-electron chi connectivity index (χ0n) is 25.2. The fourth-order valence-corrected chi connectivity index (χ4v) is 6.04. The highest BCUT2D eigenvalue weighted by Gasteiger charge is 2.47. The number of hydrogen-bond donors (Lipinski definition) is 1. The number of carbonyl (C=O) groups is 2. The van der Waals surface area contributed by atoms with Crippen molar-refractivity contribution in [3.05, 3.63) is 53.6 Å². The maximum Gasteiger partial charge on any atom is 0.308 e. The number of carbonyl (C=O) groups excluding carboxylic acids is 1. The molecule has 3 atom stereocenters. The predicted molar refractivity (Wildman–Crippen MR) is 157 cm³/mol. The highest BCUT2D eigenvalue weighted by Crippen LogP contribution is 2.43. The highest BCUT2D eigenvalue weighted by molar-refractivity contribution is 5.79. The maximum absolute atomic E-state index is 13.8. The Morgan fingerprint density at radius 3 is 2.51 bits per heavy atom. The van der Waals surface area contributed by atoms with Gasteiger partial charge >= 0.3 is 5.97 Å². The molecule has 1 fully saturated rings. The normalized spacial score (nSPS) is 20.3. The smallest absolute Gasteiger partial charge is 0.308 e. The molecule has 0 saturated carbocycles. The van der Waals surface area contributed by atoms with Crippen LogP contribution in [0.4, 0.5) is 0 Å². The van der Waals surface area contributed by atoms with Gasteiger partial charge in [-0.3, -0.25) is 14.5 Å². The number of methoxy groups -OCH3 is 1. The summed E-state index contributed by atoms with van der Waals surface area (Å²) in [5.41, 5.74) is 1.81. The number of fused-ring (bicyclic) bond motifs is 1. The fourth-order valence-electron chi connectivity index (χ4n) is 6.04. The van der Waals surface area contributed by atoms with Gasteiger partial charge in [0.1, 0.15) is 5.75 Å². The SMILES string of the molecule is CCCCN(CCC[N+](C)(C)C)C(=O)CN1C[C@H](c2ccc3c(c2)OCO3)[C@@H](C(=O)O)[C@@H]1Cc1ccccc1OC. The van der Waals surface area contributed by atoms with Crippen molar-refractivity contribution in [3.63, 3.8) is 0 Å². The number of carboxylic acids is 1. The van der Waals surface area contributed by atoms with Crippen LogP contribution in [0, 0.1) is 5.92 Å². The van der Waals surface area contributed by atoms with Crippen molar-refractivity contribution in [1.82, 2.24) is 9.80 Å². The third-order valence-electron chi connectivity index (χ3n) is 8.21. The summed E-state index contributed by atoms with van der Waals surface area (Å²) in [5, 5.41) is 10.6. The van der Waals surface area contributed by atoms with E-state index in [9.17, 15) is 14.7 Å². The Morgan fingerprint density at radius 1 is 1.07 bits per heavy atom. The van der Waals surface area contributed by atoms with Crippen LogP contribution in [-0.4, -0.2) is 105 Å². The van der Waals surface area contributed by atoms with Crippen molar-refractivity contribution in [3.8, 4) is 17.2 Å². The van der Waals surface area contributed by atoms with Gasteiger partial charge in [-0.1, -0.05) is 37.6 Å². The van der Waals surface area contributed by atoms with Crippen molar-refractivity contribution in [2.45, 2.75) is 44.6 Å². The Hall–Kier alpha value is -3.30. The number of benzene rings is 2. The molecule has 2 aromatic rings. The Labute approximate surface area is 244 Å². The minimum Gasteiger partial charge on any atom is -0.496 e. The van der Waals surface area contributed by atoms with Crippen LogP contribution in [0.15, 0.2) is 42.5 Å². The third kappa shape index (κ3) is 7.71. The lowest BCUT2D eigenvalue weighted by atomic mass is 9.83. The first-order valence-corrected chi connectivity index (χ1v) is 14.7. The van der Waals surface area contributed by atoms with Crippen LogP contribution in [0.2, 0.25) is 0 Å². The van der Waals surface area contributed by atoms with Gasteiger partial charge in [-0.15, -0.1) is 0 Å². The number of unbranched alkanes of at least 4 members (excludes halogenated alkanes) is 1. The summed E-state index contributed by atoms with van der Waals surface area (Å²) in [7, 11) is 8.11. The maximum atomic E-state index is 13.8. The number of nitrogens with zero attached hydrogens (tertiary/aromatic N) is 3. The van der Waals surface area contributed by atoms with Crippen LogP contribution in [-0.2, 0) is 16.0 Å². The zero-order chi connectivity index (χ0) is 29.6. The molecule has 0 bridgehead atoms. The molecule has 0 spiro atoms. The monoisotopic (exact) mass is 568 g/mol. The molecule has 9 nitrogen and oxygen atoms in total. The van der Waals surface area contributed by atoms with E-state index in [4.69, 9.17) is 14.2 Å². The summed E-state index contributed by atoms with van der Waals surface area (Å²) in [6.07, 6.45) is 3.33. The van der Waals surface area contributed by atoms with Crippen LogP contribution >= 0.6 is 0 Å². The van der Waals surface area contributed by atoms with Crippen LogP contribution in [0.1, 0.15) is 43.2 Å². The molecular weight excluding hydrogens is 522 g/mol. The van der Waals surface area contributed by atoms with E-state index in [1.165, 1.54) is 0 Å². The van der Waals surface area contributed by atoms with Gasteiger partial charge in [0.05, 0.1) is 47.3 Å². The third-order valence-corrected chi connectivity index (χ3v) is 8.21. The van der Waals surface area contributed by atoms with Gasteiger partial charge in [0, 0.05) is 38.0 Å². The minimum absolute atomic E-state index is 0.0559. The van der Waals surface area contributed by atoms with Gasteiger partial charge in [-0.2, -0.15) is 0 Å². The number of amides is 1. The van der Waals surface area contributed by atoms with E-state index in [-0.39, 0.29) is 31.2 Å². The summed E-state index contributed by atoms with van der Waals surface area (Å²) in [6, 6.07) is 13.0. The first-order chi connectivity index (χ1) is 19.6. The Kier molecular flexibility index (Phi) is 10.1. The van der Waals surface area contributed by atoms with Crippen molar-refractivity contribution in [2.75, 3.05) is 67.8 Å². The average molecular weight is 569 g/mol. The van der Waals surface area contributed by atoms with E-state index >= 15 is 0 Å². The second-order valence-corrected chi connectivity index (χ2v) is 12.2. The van der Waals surface area contributed by atoms with Gasteiger partial charge in [0.25, 0.3) is 0 Å². The summed E-state index contributed by atoms with van der Waals surface area (Å²) in [5.74, 6) is 0.183. The number of quaternary nitrogens is 1. The molecule has 0 unspecified atom stereocenters. The molecule has 2 aliphatic heterocycles. The zero-order valence-corrected chi connectivity index (χ0v) is 25.2. The molecule has 2 aromatic carbocycles. The summed E-state index contributed by atoms with van der Waals surface area (Å²) in [4.78, 5) is 30.8. The quantitative estimate of drug-likeness (QED) is 0.346. The Balaban J connectivity index is 1.62. The number of likely N-dealkylation sites (tertiary alicyclic amines) is 1. The second kappa shape index (κ2) is 13.6. The fraction of sp³-hybridized carbons (Fsp3) is 0.562. The summed E-state index contributed by atoms with van der Waals surface area (Å²) in [6.45, 7) is 5.32. The van der Waals surface area contributed by atoms with Gasteiger partial charge in [-0.25, -0.2) is 0 Å². The minimum atomic E-state index is -0.867. The van der Waals surface area contributed by atoms with Crippen molar-refractivity contribution >= 4 is 11.9 Å². The van der Waals surface area contributed by atoms with Crippen LogP contribution < -0.4 is 14.2 Å². The lowest BCUT2D eigenvalue weighted by molar-refractivity contribution is -0.870. The Morgan fingerprint density at radius 2 is 1.80 bits per heavy atom. The van der Waals surface area contributed by atoms with Gasteiger partial charge in [0.2, 0.25) is 12.7 Å². The van der Waals surface area contributed by atoms with E-state index in [2.05, 4.69) is 33.0 Å². The second-order valence-electron chi connectivity index (χ2n) is 12.2. The van der Waals surface area contributed by atoms with Crippen molar-refractivity contribution < 1.29 is 33.4 Å². The van der Waals surface area contributed by atoms with E-state index < -0.39 is 11.9 Å². The van der Waals surface area contributed by atoms with E-state index in [0.29, 0.717) is 37.6 Å². The topological polar surface area (TPSA) is 88.5 Å². The number of aliphatic carboxylic acids is 1. The van der Waals surface area contributed by atoms with E-state index in [0.717, 1.165) is 47.2 Å². The van der Waals surface area contributed by atoms with Gasteiger partial charge in [-0.05, 0) is 42.2 Å². The first kappa shape index (κ1) is 30.7. The molecular formula is C32H46N3O6+. The van der Waals surface area contributed by atoms with Crippen LogP contribution in [0.25, 0.3) is 0 Å². The Bertz CT molecular complexity index is 1200. The number of carboxylic acid groups (broad SMARTS) is 1. The molecule has 2 heterocycles. The molecule has 1 saturated heterocycles. The molecule has 2 aliphatic rings. The molecule has 1 amide bonds. The van der Waals surface area contributed by atoms with Crippen molar-refractivity contribution in [2.24, 2.45) is 5.92 Å². The molecule has 224 valence electrons. The average Bonchev–Trinajstić information content (AvgIpc) is 3.54. The van der Waals surface area contributed by atoms with Crippen LogP contribution in [0.5, 0.6) is 17.2 Å². The summed E-state index contributed by atoms with van der Waals surface area (Å²) < 4.78 is 17.6. The lowest BCUT2D eigenvalue weighted by Gasteiger charge is -2.31. The number of hydrogen-bond acceptors (Lipinski definition) is 6. The molecule has 0 aliphatic carbocycles. The largest absolute Gasteiger partial charge is 0.496 e. The van der Waals surface area contributed by atoms with Crippen molar-refractivity contribution in [1.29, 1.82) is 0 Å². The van der Waals surface area contributed by atoms with Gasteiger partial charge in [0.15, 0.2) is 11.5 Å². The predicted octanol–water partition coefficient (Wildman–Crippen LogP) is 3.86. The standard InChI is InChI=1S/C32H45N3O6/c1-6-7-15-33(16-10-17-35(2,3)4)30(36)21-34-20-25(23-13-14-28-29(19-23)41-22-40-28)31(32(37)38)26(34)18-24-11-8-9-12-27(24)39-5/h8-9,11-14,19,25-26,31H,6-7,10,15-18,20-22H2,1-5H3/p+1/t25-,26+,31-/m1/s1. The molecule has 41 heavy (non-hydrogen) atoms. The lowest BCUT2D eigenvalue weighted by Crippen LogP contribution is -2.46. The number of rotatable bonds is 14. The van der Waals surface area contributed by atoms with E-state index in [1.54, 1.807) is 7.11 Å². The number of ether oxygens (including phenoxy) is 3. The molecule has 1 N–H and O–H groups in total. The van der Waals surface area contributed by atoms with Crippen LogP contribution in [0.3, 0.4) is 0 Å². The van der Waals surface area contributed by atoms with E-state index in [1.807, 2.05) is 47.4 Å². The van der Waals surface area contributed by atoms with Gasteiger partial charge < -0.3 is 28.7 Å².